The lowest BCUT2D eigenvalue weighted by Crippen LogP contribution is -2.15. The summed E-state index contributed by atoms with van der Waals surface area (Å²) in [4.78, 5) is 23.1. The number of ether oxygens (including phenoxy) is 1. The number of nitrogens with one attached hydrogen (secondary N) is 1. The van der Waals surface area contributed by atoms with E-state index in [1.54, 1.807) is 12.1 Å². The predicted octanol–water partition coefficient (Wildman–Crippen LogP) is 3.61. The maximum atomic E-state index is 12.2. The molecule has 1 amide bonds. The molecule has 0 atom stereocenters. The molecule has 156 valence electrons. The van der Waals surface area contributed by atoms with Crippen LogP contribution in [0.5, 0.6) is 5.75 Å². The number of carbonyl (C=O) groups is 2. The molecule has 0 radical (unpaired) electrons. The molecule has 0 saturated heterocycles. The molecule has 9 heteroatoms. The largest absolute Gasteiger partial charge is 0.486 e. The summed E-state index contributed by atoms with van der Waals surface area (Å²) < 4.78 is 7.69. The average Bonchev–Trinajstić information content (AvgIpc) is 3.14. The van der Waals surface area contributed by atoms with Crippen LogP contribution in [0, 0.1) is 6.92 Å². The van der Waals surface area contributed by atoms with E-state index in [0.29, 0.717) is 23.2 Å². The highest BCUT2D eigenvalue weighted by Gasteiger charge is 2.14. The maximum Gasteiger partial charge on any atom is 0.335 e. The van der Waals surface area contributed by atoms with Crippen LogP contribution in [0.4, 0.5) is 5.69 Å². The molecule has 30 heavy (non-hydrogen) atoms. The summed E-state index contributed by atoms with van der Waals surface area (Å²) >= 11 is 1.28. The van der Waals surface area contributed by atoms with Crippen molar-refractivity contribution in [2.24, 2.45) is 0 Å². The summed E-state index contributed by atoms with van der Waals surface area (Å²) in [6, 6.07) is 13.8. The van der Waals surface area contributed by atoms with Crippen molar-refractivity contribution in [2.75, 3.05) is 11.1 Å². The van der Waals surface area contributed by atoms with Crippen LogP contribution in [-0.4, -0.2) is 37.5 Å². The van der Waals surface area contributed by atoms with Crippen molar-refractivity contribution >= 4 is 29.3 Å². The summed E-state index contributed by atoms with van der Waals surface area (Å²) in [5.74, 6) is 0.368. The summed E-state index contributed by atoms with van der Waals surface area (Å²) in [7, 11) is 0. The number of carboxylic acid groups (broad SMARTS) is 1. The summed E-state index contributed by atoms with van der Waals surface area (Å²) in [5.41, 5.74) is 1.86. The first-order valence-corrected chi connectivity index (χ1v) is 10.3. The third-order valence-electron chi connectivity index (χ3n) is 4.25. The summed E-state index contributed by atoms with van der Waals surface area (Å²) in [6.07, 6.45) is 0. The fraction of sp³-hybridized carbons (Fsp3) is 0.238. The van der Waals surface area contributed by atoms with E-state index in [-0.39, 0.29) is 23.8 Å². The van der Waals surface area contributed by atoms with Crippen LogP contribution >= 0.6 is 11.8 Å². The maximum absolute atomic E-state index is 12.2. The third-order valence-corrected chi connectivity index (χ3v) is 5.21. The molecule has 8 nitrogen and oxygen atoms in total. The zero-order valence-electron chi connectivity index (χ0n) is 16.7. The van der Waals surface area contributed by atoms with Crippen LogP contribution in [0.15, 0.2) is 53.7 Å². The van der Waals surface area contributed by atoms with E-state index in [4.69, 9.17) is 9.84 Å². The second-order valence-electron chi connectivity index (χ2n) is 6.46. The van der Waals surface area contributed by atoms with Crippen molar-refractivity contribution in [3.05, 3.63) is 65.5 Å². The van der Waals surface area contributed by atoms with Crippen molar-refractivity contribution in [3.63, 3.8) is 0 Å². The van der Waals surface area contributed by atoms with E-state index in [9.17, 15) is 9.59 Å². The van der Waals surface area contributed by atoms with Gasteiger partial charge >= 0.3 is 5.97 Å². The standard InChI is InChI=1S/C21H22N4O4S/c1-3-25-18(12-29-17-10-4-14(2)5-11-17)23-24-21(25)30-13-19(26)22-16-8-6-15(7-9-16)20(27)28/h4-11H,3,12-13H2,1-2H3,(H,22,26)(H,27,28). The molecule has 1 aromatic heterocycles. The molecule has 1 heterocycles. The SMILES string of the molecule is CCn1c(COc2ccc(C)cc2)nnc1SCC(=O)Nc1ccc(C(=O)O)cc1. The average molecular weight is 426 g/mol. The molecule has 0 unspecified atom stereocenters. The van der Waals surface area contributed by atoms with Gasteiger partial charge in [0.25, 0.3) is 0 Å². The number of benzene rings is 2. The number of carbonyl (C=O) groups excluding carboxylic acids is 1. The molecule has 0 aliphatic heterocycles. The van der Waals surface area contributed by atoms with Crippen molar-refractivity contribution in [1.29, 1.82) is 0 Å². The number of aryl methyl sites for hydroxylation is 1. The molecule has 2 N–H and O–H groups in total. The number of rotatable bonds is 9. The number of nitrogens with zero attached hydrogens (tertiary/aromatic N) is 3. The number of aromatic nitrogens is 3. The van der Waals surface area contributed by atoms with Crippen molar-refractivity contribution in [2.45, 2.75) is 32.2 Å². The highest BCUT2D eigenvalue weighted by molar-refractivity contribution is 7.99. The Kier molecular flexibility index (Phi) is 7.08. The fourth-order valence-electron chi connectivity index (χ4n) is 2.66. The lowest BCUT2D eigenvalue weighted by molar-refractivity contribution is -0.113. The van der Waals surface area contributed by atoms with Gasteiger partial charge in [0, 0.05) is 12.2 Å². The van der Waals surface area contributed by atoms with Gasteiger partial charge in [-0.1, -0.05) is 29.5 Å². The van der Waals surface area contributed by atoms with Gasteiger partial charge in [-0.05, 0) is 50.2 Å². The quantitative estimate of drug-likeness (QED) is 0.503. The first-order valence-electron chi connectivity index (χ1n) is 9.34. The van der Waals surface area contributed by atoms with Gasteiger partial charge in [0.15, 0.2) is 11.0 Å². The lowest BCUT2D eigenvalue weighted by atomic mass is 10.2. The second-order valence-corrected chi connectivity index (χ2v) is 7.41. The highest BCUT2D eigenvalue weighted by Crippen LogP contribution is 2.19. The number of aromatic carboxylic acids is 1. The molecule has 0 aliphatic carbocycles. The van der Waals surface area contributed by atoms with Gasteiger partial charge in [-0.3, -0.25) is 4.79 Å². The number of anilines is 1. The van der Waals surface area contributed by atoms with Crippen molar-refractivity contribution < 1.29 is 19.4 Å². The first-order chi connectivity index (χ1) is 14.5. The third kappa shape index (κ3) is 5.60. The monoisotopic (exact) mass is 426 g/mol. The van der Waals surface area contributed by atoms with Gasteiger partial charge in [0.2, 0.25) is 5.91 Å². The van der Waals surface area contributed by atoms with E-state index in [1.165, 1.54) is 23.9 Å². The van der Waals surface area contributed by atoms with Gasteiger partial charge in [0.1, 0.15) is 12.4 Å². The van der Waals surface area contributed by atoms with Crippen LogP contribution < -0.4 is 10.1 Å². The Labute approximate surface area is 178 Å². The van der Waals surface area contributed by atoms with Crippen LogP contribution in [-0.2, 0) is 17.9 Å². The Hall–Kier alpha value is -3.33. The molecule has 0 fully saturated rings. The Morgan fingerprint density at radius 2 is 1.80 bits per heavy atom. The zero-order valence-corrected chi connectivity index (χ0v) is 17.5. The van der Waals surface area contributed by atoms with Crippen LogP contribution in [0.25, 0.3) is 0 Å². The van der Waals surface area contributed by atoms with E-state index < -0.39 is 5.97 Å². The minimum absolute atomic E-state index is 0.150. The molecule has 3 aromatic rings. The van der Waals surface area contributed by atoms with Gasteiger partial charge in [-0.2, -0.15) is 0 Å². The topological polar surface area (TPSA) is 106 Å². The van der Waals surface area contributed by atoms with Gasteiger partial charge in [-0.15, -0.1) is 10.2 Å². The lowest BCUT2D eigenvalue weighted by Gasteiger charge is -2.09. The Morgan fingerprint density at radius 1 is 1.10 bits per heavy atom. The summed E-state index contributed by atoms with van der Waals surface area (Å²) in [5, 5.41) is 20.7. The van der Waals surface area contributed by atoms with Gasteiger partial charge in [0.05, 0.1) is 11.3 Å². The van der Waals surface area contributed by atoms with Crippen LogP contribution in [0.2, 0.25) is 0 Å². The Morgan fingerprint density at radius 3 is 2.43 bits per heavy atom. The number of hydrogen-bond acceptors (Lipinski definition) is 6. The molecule has 2 aromatic carbocycles. The Bertz CT molecular complexity index is 1020. The first kappa shape index (κ1) is 21.4. The van der Waals surface area contributed by atoms with Crippen molar-refractivity contribution in [3.8, 4) is 5.75 Å². The smallest absolute Gasteiger partial charge is 0.335 e. The minimum Gasteiger partial charge on any atom is -0.486 e. The van der Waals surface area contributed by atoms with Gasteiger partial charge < -0.3 is 19.7 Å². The number of carboxylic acids is 1. The molecular weight excluding hydrogens is 404 g/mol. The van der Waals surface area contributed by atoms with Gasteiger partial charge in [-0.25, -0.2) is 4.79 Å². The number of amides is 1. The van der Waals surface area contributed by atoms with E-state index in [0.717, 1.165) is 11.3 Å². The Balaban J connectivity index is 1.55. The van der Waals surface area contributed by atoms with Crippen molar-refractivity contribution in [1.82, 2.24) is 14.8 Å². The van der Waals surface area contributed by atoms with Crippen LogP contribution in [0.1, 0.15) is 28.7 Å². The second kappa shape index (κ2) is 9.93. The molecule has 0 saturated carbocycles. The molecule has 0 aliphatic rings. The molecular formula is C21H22N4O4S. The highest BCUT2D eigenvalue weighted by atomic mass is 32.2. The number of thioether (sulfide) groups is 1. The van der Waals surface area contributed by atoms with E-state index in [1.807, 2.05) is 42.7 Å². The fourth-order valence-corrected chi connectivity index (χ4v) is 3.48. The minimum atomic E-state index is -1.01. The predicted molar refractivity (Wildman–Crippen MR) is 114 cm³/mol. The molecule has 0 spiro atoms. The summed E-state index contributed by atoms with van der Waals surface area (Å²) in [6.45, 7) is 4.93. The zero-order chi connectivity index (χ0) is 21.5. The van der Waals surface area contributed by atoms with E-state index >= 15 is 0 Å². The van der Waals surface area contributed by atoms with Crippen LogP contribution in [0.3, 0.4) is 0 Å². The molecule has 0 bridgehead atoms. The number of hydrogen-bond donors (Lipinski definition) is 2. The molecule has 3 rings (SSSR count). The van der Waals surface area contributed by atoms with E-state index in [2.05, 4.69) is 15.5 Å². The normalized spacial score (nSPS) is 10.6.